The summed E-state index contributed by atoms with van der Waals surface area (Å²) in [5.74, 6) is 0.724. The Hall–Kier alpha value is -2.02. The van der Waals surface area contributed by atoms with Crippen molar-refractivity contribution in [2.45, 2.75) is 32.6 Å². The minimum atomic E-state index is -0.114. The van der Waals surface area contributed by atoms with Gasteiger partial charge in [-0.1, -0.05) is 6.42 Å². The molecule has 0 bridgehead atoms. The fraction of sp³-hybridized carbons (Fsp3) is 0.500. The molecule has 1 aromatic carbocycles. The van der Waals surface area contributed by atoms with Gasteiger partial charge in [0.2, 0.25) is 0 Å². The second-order valence-corrected chi connectivity index (χ2v) is 6.27. The molecule has 0 amide bonds. The van der Waals surface area contributed by atoms with E-state index in [1.54, 1.807) is 31.4 Å². The Morgan fingerprint density at radius 2 is 1.74 bits per heavy atom. The zero-order chi connectivity index (χ0) is 18.8. The molecule has 0 atom stereocenters. The van der Waals surface area contributed by atoms with Crippen LogP contribution in [0.2, 0.25) is 0 Å². The summed E-state index contributed by atoms with van der Waals surface area (Å²) in [6.45, 7) is 4.28. The Morgan fingerprint density at radius 3 is 2.41 bits per heavy atom. The Kier molecular flexibility index (Phi) is 10.6. The Balaban J connectivity index is 0.00000364. The highest BCUT2D eigenvalue weighted by molar-refractivity contribution is 8.93. The first kappa shape index (κ1) is 23.0. The number of hydrogen-bond donors (Lipinski definition) is 0. The van der Waals surface area contributed by atoms with Gasteiger partial charge in [-0.3, -0.25) is 9.59 Å². The van der Waals surface area contributed by atoms with Crippen LogP contribution in [0, 0.1) is 0 Å². The van der Waals surface area contributed by atoms with E-state index in [1.807, 2.05) is 24.2 Å². The monoisotopic (exact) mass is 440 g/mol. The topological polar surface area (TPSA) is 59.1 Å². The van der Waals surface area contributed by atoms with E-state index in [4.69, 9.17) is 9.47 Å². The molecule has 150 valence electrons. The lowest BCUT2D eigenvalue weighted by molar-refractivity contribution is -0.143. The number of carbonyl (C=O) groups excluding carboxylic acids is 2. The number of nitrogens with zero attached hydrogens (tertiary/aromatic N) is 2. The Labute approximate surface area is 171 Å². The van der Waals surface area contributed by atoms with Gasteiger partial charge >= 0.3 is 5.97 Å². The van der Waals surface area contributed by atoms with E-state index < -0.39 is 0 Å². The first-order valence-electron chi connectivity index (χ1n) is 9.11. The van der Waals surface area contributed by atoms with Crippen LogP contribution in [0.4, 0.5) is 0 Å². The van der Waals surface area contributed by atoms with Crippen LogP contribution in [0.25, 0.3) is 0 Å². The van der Waals surface area contributed by atoms with Crippen molar-refractivity contribution in [1.29, 1.82) is 0 Å². The van der Waals surface area contributed by atoms with Crippen molar-refractivity contribution in [3.05, 3.63) is 42.2 Å². The summed E-state index contributed by atoms with van der Waals surface area (Å²) in [7, 11) is 1.61. The molecule has 0 saturated carbocycles. The molecule has 0 aliphatic carbocycles. The maximum absolute atomic E-state index is 12.3. The molecule has 7 heteroatoms. The zero-order valence-corrected chi connectivity index (χ0v) is 17.8. The number of hydrogen-bond acceptors (Lipinski definition) is 6. The van der Waals surface area contributed by atoms with Crippen LogP contribution >= 0.6 is 17.0 Å². The number of esters is 1. The highest BCUT2D eigenvalue weighted by atomic mass is 79.9. The average Bonchev–Trinajstić information content (AvgIpc) is 3.09. The van der Waals surface area contributed by atoms with Gasteiger partial charge in [0, 0.05) is 30.9 Å². The molecular weight excluding hydrogens is 412 g/mol. The number of rotatable bonds is 11. The van der Waals surface area contributed by atoms with Crippen molar-refractivity contribution < 1.29 is 19.1 Å². The van der Waals surface area contributed by atoms with Crippen LogP contribution in [0.15, 0.2) is 36.7 Å². The number of ketones is 1. The van der Waals surface area contributed by atoms with Gasteiger partial charge in [0.1, 0.15) is 5.75 Å². The first-order chi connectivity index (χ1) is 12.6. The van der Waals surface area contributed by atoms with Gasteiger partial charge in [0.15, 0.2) is 5.78 Å². The van der Waals surface area contributed by atoms with Crippen LogP contribution in [-0.4, -0.2) is 55.0 Å². The van der Waals surface area contributed by atoms with Crippen molar-refractivity contribution in [3.8, 4) is 5.75 Å². The van der Waals surface area contributed by atoms with E-state index in [9.17, 15) is 9.59 Å². The summed E-state index contributed by atoms with van der Waals surface area (Å²) < 4.78 is 10.0. The van der Waals surface area contributed by atoms with Crippen molar-refractivity contribution in [2.75, 3.05) is 33.5 Å². The molecule has 0 aromatic heterocycles. The molecule has 0 unspecified atom stereocenters. The van der Waals surface area contributed by atoms with E-state index in [-0.39, 0.29) is 28.7 Å². The van der Waals surface area contributed by atoms with Gasteiger partial charge in [-0.2, -0.15) is 0 Å². The molecule has 1 heterocycles. The number of carbonyl (C=O) groups is 2. The molecule has 1 aliphatic rings. The van der Waals surface area contributed by atoms with E-state index in [0.29, 0.717) is 25.1 Å². The molecule has 0 fully saturated rings. The first-order valence-corrected chi connectivity index (χ1v) is 9.11. The van der Waals surface area contributed by atoms with Crippen LogP contribution in [0.5, 0.6) is 5.75 Å². The van der Waals surface area contributed by atoms with Crippen molar-refractivity contribution in [3.63, 3.8) is 0 Å². The van der Waals surface area contributed by atoms with Gasteiger partial charge in [0.25, 0.3) is 0 Å². The Bertz CT molecular complexity index is 619. The third kappa shape index (κ3) is 8.03. The molecule has 1 aromatic rings. The highest BCUT2D eigenvalue weighted by Gasteiger charge is 2.16. The molecular formula is C20H29BrN2O4. The van der Waals surface area contributed by atoms with Crippen molar-refractivity contribution in [1.82, 2.24) is 9.80 Å². The van der Waals surface area contributed by atoms with Crippen LogP contribution in [0.3, 0.4) is 0 Å². The molecule has 6 nitrogen and oxygen atoms in total. The van der Waals surface area contributed by atoms with Gasteiger partial charge in [-0.25, -0.2) is 0 Å². The number of unbranched alkanes of at least 4 members (excludes halogenated alkanes) is 2. The van der Waals surface area contributed by atoms with Crippen LogP contribution < -0.4 is 4.74 Å². The van der Waals surface area contributed by atoms with E-state index in [2.05, 4.69) is 4.90 Å². The highest BCUT2D eigenvalue weighted by Crippen LogP contribution is 2.14. The lowest BCUT2D eigenvalue weighted by Gasteiger charge is -2.20. The van der Waals surface area contributed by atoms with Gasteiger partial charge < -0.3 is 19.3 Å². The third-order valence-corrected chi connectivity index (χ3v) is 4.24. The summed E-state index contributed by atoms with van der Waals surface area (Å²) in [4.78, 5) is 27.8. The number of halogens is 1. The smallest absolute Gasteiger partial charge is 0.305 e. The second kappa shape index (κ2) is 12.4. The lowest BCUT2D eigenvalue weighted by atomic mass is 10.1. The standard InChI is InChI=1S/C20H28N2O4.BrH/c1-3-26-20(24)7-5-4-6-12-21-13-14-22(16-21)15-19(23)17-8-10-18(25-2)11-9-17;/h8-11,13-14H,3-7,12,15-16H2,1-2H3;1H. The van der Waals surface area contributed by atoms with Crippen LogP contribution in [0.1, 0.15) is 43.0 Å². The summed E-state index contributed by atoms with van der Waals surface area (Å²) in [6.07, 6.45) is 7.34. The SMILES string of the molecule is Br.CCOC(=O)CCCCCN1C=CN(CC(=O)c2ccc(OC)cc2)C1. The Morgan fingerprint density at radius 1 is 1.04 bits per heavy atom. The molecule has 0 N–H and O–H groups in total. The van der Waals surface area contributed by atoms with Gasteiger partial charge in [0.05, 0.1) is 26.9 Å². The minimum Gasteiger partial charge on any atom is -0.497 e. The largest absolute Gasteiger partial charge is 0.497 e. The predicted octanol–water partition coefficient (Wildman–Crippen LogP) is 3.63. The summed E-state index contributed by atoms with van der Waals surface area (Å²) in [6, 6.07) is 7.19. The minimum absolute atomic E-state index is 0. The van der Waals surface area contributed by atoms with Crippen molar-refractivity contribution in [2.24, 2.45) is 0 Å². The second-order valence-electron chi connectivity index (χ2n) is 6.27. The fourth-order valence-electron chi connectivity index (χ4n) is 2.81. The maximum Gasteiger partial charge on any atom is 0.305 e. The van der Waals surface area contributed by atoms with E-state index in [0.717, 1.165) is 38.2 Å². The number of methoxy groups -OCH3 is 1. The number of Topliss-reactive ketones (excluding diaryl/α,β-unsaturated/α-hetero) is 1. The van der Waals surface area contributed by atoms with Gasteiger partial charge in [-0.05, 0) is 44.0 Å². The quantitative estimate of drug-likeness (QED) is 0.297. The molecule has 2 rings (SSSR count). The number of ether oxygens (including phenoxy) is 2. The normalized spacial score (nSPS) is 12.7. The molecule has 0 spiro atoms. The molecule has 27 heavy (non-hydrogen) atoms. The van der Waals surface area contributed by atoms with Crippen molar-refractivity contribution >= 4 is 28.7 Å². The molecule has 1 aliphatic heterocycles. The number of benzene rings is 1. The van der Waals surface area contributed by atoms with Crippen LogP contribution in [-0.2, 0) is 9.53 Å². The maximum atomic E-state index is 12.3. The summed E-state index contributed by atoms with van der Waals surface area (Å²) >= 11 is 0. The fourth-order valence-corrected chi connectivity index (χ4v) is 2.81. The zero-order valence-electron chi connectivity index (χ0n) is 16.1. The predicted molar refractivity (Wildman–Crippen MR) is 110 cm³/mol. The van der Waals surface area contributed by atoms with E-state index in [1.165, 1.54) is 0 Å². The summed E-state index contributed by atoms with van der Waals surface area (Å²) in [5, 5.41) is 0. The lowest BCUT2D eigenvalue weighted by Crippen LogP contribution is -2.30. The molecule has 0 saturated heterocycles. The van der Waals surface area contributed by atoms with Gasteiger partial charge in [-0.15, -0.1) is 17.0 Å². The molecule has 0 radical (unpaired) electrons. The average molecular weight is 441 g/mol. The summed E-state index contributed by atoms with van der Waals surface area (Å²) in [5.41, 5.74) is 0.691. The third-order valence-electron chi connectivity index (χ3n) is 4.24. The van der Waals surface area contributed by atoms with E-state index >= 15 is 0 Å².